The van der Waals surface area contributed by atoms with Crippen molar-refractivity contribution in [2.45, 2.75) is 50.7 Å². The molecule has 1 saturated heterocycles. The van der Waals surface area contributed by atoms with Crippen molar-refractivity contribution in [3.05, 3.63) is 64.7 Å². The van der Waals surface area contributed by atoms with E-state index in [1.54, 1.807) is 38.1 Å². The summed E-state index contributed by atoms with van der Waals surface area (Å²) >= 11 is 0. The second kappa shape index (κ2) is 10.6. The second-order valence-electron chi connectivity index (χ2n) is 9.26. The smallest absolute Gasteiger partial charge is 0.220 e. The SMILES string of the molecule is COc1cccc(-c2cc(F)ccc2[C@H]2Cc3nc(N)nc(C)c3C(NOC[C@H]3OC(C)[C@H](O)[C@@H]3O)=N2)n1. The number of aryl methyl sites for hydroxylation is 1. The minimum absolute atomic E-state index is 0.0496. The van der Waals surface area contributed by atoms with Crippen LogP contribution in [0.5, 0.6) is 5.88 Å². The van der Waals surface area contributed by atoms with E-state index in [0.29, 0.717) is 46.3 Å². The molecule has 38 heavy (non-hydrogen) atoms. The van der Waals surface area contributed by atoms with Crippen molar-refractivity contribution in [2.24, 2.45) is 4.99 Å². The Bertz CT molecular complexity index is 1370. The van der Waals surface area contributed by atoms with Gasteiger partial charge in [-0.25, -0.2) is 24.8 Å². The number of pyridine rings is 1. The fourth-order valence-electron chi connectivity index (χ4n) is 4.80. The average molecular weight is 525 g/mol. The average Bonchev–Trinajstić information content (AvgIpc) is 3.14. The van der Waals surface area contributed by atoms with Crippen LogP contribution in [0.15, 0.2) is 41.4 Å². The van der Waals surface area contributed by atoms with Gasteiger partial charge in [0.1, 0.15) is 30.7 Å². The molecule has 5 rings (SSSR count). The maximum Gasteiger partial charge on any atom is 0.220 e. The Labute approximate surface area is 218 Å². The summed E-state index contributed by atoms with van der Waals surface area (Å²) in [6.07, 6.45) is -2.94. The lowest BCUT2D eigenvalue weighted by molar-refractivity contribution is -0.0555. The van der Waals surface area contributed by atoms with Gasteiger partial charge in [0, 0.05) is 18.1 Å². The second-order valence-corrected chi connectivity index (χ2v) is 9.26. The number of rotatable bonds is 6. The normalized spacial score (nSPS) is 24.6. The molecule has 0 saturated carbocycles. The Hall–Kier alpha value is -3.71. The highest BCUT2D eigenvalue weighted by Crippen LogP contribution is 2.36. The molecule has 2 aromatic heterocycles. The molecule has 200 valence electrons. The molecule has 0 bridgehead atoms. The number of nitrogens with zero attached hydrogens (tertiary/aromatic N) is 4. The molecule has 2 aliphatic rings. The molecule has 12 heteroatoms. The first kappa shape index (κ1) is 25.9. The van der Waals surface area contributed by atoms with Gasteiger partial charge in [-0.05, 0) is 37.6 Å². The minimum Gasteiger partial charge on any atom is -0.481 e. The van der Waals surface area contributed by atoms with Gasteiger partial charge in [-0.1, -0.05) is 12.1 Å². The largest absolute Gasteiger partial charge is 0.481 e. The van der Waals surface area contributed by atoms with E-state index in [0.717, 1.165) is 5.56 Å². The van der Waals surface area contributed by atoms with Gasteiger partial charge in [-0.15, -0.1) is 0 Å². The van der Waals surface area contributed by atoms with E-state index in [1.807, 2.05) is 0 Å². The van der Waals surface area contributed by atoms with Crippen molar-refractivity contribution in [1.29, 1.82) is 0 Å². The Kier molecular flexibility index (Phi) is 7.21. The van der Waals surface area contributed by atoms with Crippen LogP contribution in [0.4, 0.5) is 10.3 Å². The highest BCUT2D eigenvalue weighted by atomic mass is 19.1. The molecule has 0 aliphatic carbocycles. The number of aliphatic imine (C=N–C) groups is 1. The number of hydroxylamine groups is 1. The van der Waals surface area contributed by atoms with Crippen LogP contribution in [0, 0.1) is 12.7 Å². The number of aliphatic hydroxyl groups is 2. The van der Waals surface area contributed by atoms with Crippen LogP contribution >= 0.6 is 0 Å². The number of amidine groups is 1. The molecule has 1 unspecified atom stereocenters. The summed E-state index contributed by atoms with van der Waals surface area (Å²) in [5, 5.41) is 20.2. The molecule has 5 N–H and O–H groups in total. The van der Waals surface area contributed by atoms with Crippen molar-refractivity contribution in [3.63, 3.8) is 0 Å². The number of anilines is 1. The predicted molar refractivity (Wildman–Crippen MR) is 136 cm³/mol. The number of nitrogens with one attached hydrogen (secondary N) is 1. The number of fused-ring (bicyclic) bond motifs is 1. The Morgan fingerprint density at radius 2 is 1.97 bits per heavy atom. The lowest BCUT2D eigenvalue weighted by Crippen LogP contribution is -2.38. The zero-order valence-corrected chi connectivity index (χ0v) is 21.1. The first-order chi connectivity index (χ1) is 18.2. The summed E-state index contributed by atoms with van der Waals surface area (Å²) in [4.78, 5) is 23.7. The van der Waals surface area contributed by atoms with Crippen LogP contribution in [0.25, 0.3) is 11.3 Å². The summed E-state index contributed by atoms with van der Waals surface area (Å²) in [7, 11) is 1.52. The Balaban J connectivity index is 1.49. The summed E-state index contributed by atoms with van der Waals surface area (Å²) in [5.74, 6) is 0.465. The number of nitrogens with two attached hydrogens (primary N) is 1. The predicted octanol–water partition coefficient (Wildman–Crippen LogP) is 1.65. The first-order valence-electron chi connectivity index (χ1n) is 12.2. The molecule has 1 aromatic carbocycles. The summed E-state index contributed by atoms with van der Waals surface area (Å²) in [6, 6.07) is 9.24. The lowest BCUT2D eigenvalue weighted by atomic mass is 9.91. The molecule has 5 atom stereocenters. The molecular formula is C26H29FN6O5. The van der Waals surface area contributed by atoms with Crippen LogP contribution in [0.2, 0.25) is 0 Å². The van der Waals surface area contributed by atoms with E-state index in [4.69, 9.17) is 25.0 Å². The fourth-order valence-corrected chi connectivity index (χ4v) is 4.80. The van der Waals surface area contributed by atoms with Crippen LogP contribution < -0.4 is 16.0 Å². The van der Waals surface area contributed by atoms with E-state index < -0.39 is 36.3 Å². The molecule has 0 radical (unpaired) electrons. The molecule has 4 heterocycles. The van der Waals surface area contributed by atoms with Crippen molar-refractivity contribution >= 4 is 11.8 Å². The van der Waals surface area contributed by atoms with Gasteiger partial charge >= 0.3 is 0 Å². The minimum atomic E-state index is -1.08. The summed E-state index contributed by atoms with van der Waals surface area (Å²) in [5.41, 5.74) is 12.5. The molecular weight excluding hydrogens is 495 g/mol. The topological polar surface area (TPSA) is 157 Å². The van der Waals surface area contributed by atoms with Crippen molar-refractivity contribution in [1.82, 2.24) is 20.4 Å². The number of aliphatic hydroxyl groups excluding tert-OH is 2. The van der Waals surface area contributed by atoms with Crippen LogP contribution in [-0.4, -0.2) is 69.1 Å². The monoisotopic (exact) mass is 524 g/mol. The molecule has 1 fully saturated rings. The standard InChI is InChI=1S/C26H29FN6O5/c1-12-22-19(32-26(28)29-12)10-18(31-25(22)33-37-11-20-24(35)23(34)13(2)38-20)15-8-7-14(27)9-16(15)17-5-4-6-21(30-17)36-3/h4-9,13,18,20,23-24,34-35H,10-11H2,1-3H3,(H,31,33)(H2,28,29,32)/t13?,18-,20-,23+,24-/m1/s1. The van der Waals surface area contributed by atoms with Crippen LogP contribution in [0.3, 0.4) is 0 Å². The highest BCUT2D eigenvalue weighted by Gasteiger charge is 2.40. The van der Waals surface area contributed by atoms with Crippen LogP contribution in [-0.2, 0) is 16.0 Å². The number of hydrogen-bond acceptors (Lipinski definition) is 11. The quantitative estimate of drug-likeness (QED) is 0.350. The zero-order valence-electron chi connectivity index (χ0n) is 21.1. The number of nitrogen functional groups attached to an aromatic ring is 1. The van der Waals surface area contributed by atoms with E-state index in [2.05, 4.69) is 20.4 Å². The first-order valence-corrected chi connectivity index (χ1v) is 12.2. The molecule has 0 amide bonds. The fraction of sp³-hybridized carbons (Fsp3) is 0.385. The van der Waals surface area contributed by atoms with Gasteiger partial charge in [0.2, 0.25) is 11.8 Å². The van der Waals surface area contributed by atoms with E-state index in [1.165, 1.54) is 19.2 Å². The van der Waals surface area contributed by atoms with Gasteiger partial charge in [0.15, 0.2) is 5.84 Å². The molecule has 3 aromatic rings. The third-order valence-electron chi connectivity index (χ3n) is 6.69. The zero-order chi connectivity index (χ0) is 27.0. The van der Waals surface area contributed by atoms with Gasteiger partial charge in [-0.2, -0.15) is 0 Å². The van der Waals surface area contributed by atoms with Crippen LogP contribution in [0.1, 0.15) is 35.5 Å². The maximum absolute atomic E-state index is 14.4. The summed E-state index contributed by atoms with van der Waals surface area (Å²) in [6.45, 7) is 3.42. The summed E-state index contributed by atoms with van der Waals surface area (Å²) < 4.78 is 25.2. The Morgan fingerprint density at radius 3 is 2.71 bits per heavy atom. The van der Waals surface area contributed by atoms with Crippen molar-refractivity contribution < 1.29 is 28.9 Å². The Morgan fingerprint density at radius 1 is 1.16 bits per heavy atom. The molecule has 0 spiro atoms. The highest BCUT2D eigenvalue weighted by molar-refractivity contribution is 6.01. The van der Waals surface area contributed by atoms with Crippen molar-refractivity contribution in [3.8, 4) is 17.1 Å². The third kappa shape index (κ3) is 5.03. The lowest BCUT2D eigenvalue weighted by Gasteiger charge is -2.26. The number of ether oxygens (including phenoxy) is 2. The van der Waals surface area contributed by atoms with Gasteiger partial charge in [0.25, 0.3) is 0 Å². The number of halogens is 1. The van der Waals surface area contributed by atoms with Gasteiger partial charge < -0.3 is 25.4 Å². The maximum atomic E-state index is 14.4. The number of hydrogen-bond donors (Lipinski definition) is 4. The third-order valence-corrected chi connectivity index (χ3v) is 6.69. The van der Waals surface area contributed by atoms with Gasteiger partial charge in [-0.3, -0.25) is 9.83 Å². The van der Waals surface area contributed by atoms with Crippen molar-refractivity contribution in [2.75, 3.05) is 19.5 Å². The van der Waals surface area contributed by atoms with E-state index >= 15 is 0 Å². The van der Waals surface area contributed by atoms with Gasteiger partial charge in [0.05, 0.1) is 41.9 Å². The number of methoxy groups -OCH3 is 1. The number of aromatic nitrogens is 3. The van der Waals surface area contributed by atoms with E-state index in [9.17, 15) is 14.6 Å². The van der Waals surface area contributed by atoms with E-state index in [-0.39, 0.29) is 12.6 Å². The molecule has 11 nitrogen and oxygen atoms in total. The molecule has 2 aliphatic heterocycles. The number of benzene rings is 1.